The van der Waals surface area contributed by atoms with Crippen molar-refractivity contribution in [2.24, 2.45) is 7.05 Å². The van der Waals surface area contributed by atoms with E-state index in [1.165, 1.54) is 32.2 Å². The number of pyridine rings is 1. The molecule has 5 rings (SSSR count). The fourth-order valence-corrected chi connectivity index (χ4v) is 11.3. The zero-order valence-electron chi connectivity index (χ0n) is 51.6. The number of nitrogens with zero attached hydrogens (tertiary/aromatic N) is 6. The topological polar surface area (TPSA) is 387 Å². The summed E-state index contributed by atoms with van der Waals surface area (Å²) in [5.41, 5.74) is 1.09. The number of hydrogen-bond acceptors (Lipinski definition) is 20. The quantitative estimate of drug-likeness (QED) is 0.0260. The van der Waals surface area contributed by atoms with Gasteiger partial charge in [-0.15, -0.1) is 0 Å². The Kier molecular flexibility index (Phi) is 31.0. The summed E-state index contributed by atoms with van der Waals surface area (Å²) in [4.78, 5) is 114. The number of benzene rings is 2. The molecule has 2 radical (unpaired) electrons. The first-order valence-corrected chi connectivity index (χ1v) is 31.3. The number of sulfonamides is 1. The second-order valence-electron chi connectivity index (χ2n) is 21.6. The van der Waals surface area contributed by atoms with Gasteiger partial charge in [0.1, 0.15) is 23.4 Å². The zero-order valence-corrected chi connectivity index (χ0v) is 52.4. The molecule has 0 bridgehead atoms. The number of aromatic amines is 1. The third kappa shape index (κ3) is 25.7. The number of rotatable bonds is 38. The van der Waals surface area contributed by atoms with Crippen LogP contribution in [0.3, 0.4) is 0 Å². The first-order valence-electron chi connectivity index (χ1n) is 29.8. The number of fused-ring (bicyclic) bond motifs is 1. The molecule has 1 aliphatic heterocycles. The van der Waals surface area contributed by atoms with Crippen molar-refractivity contribution in [3.63, 3.8) is 0 Å². The van der Waals surface area contributed by atoms with E-state index >= 15 is 0 Å². The molecule has 2 aromatic heterocycles. The van der Waals surface area contributed by atoms with E-state index in [2.05, 4.69) is 41.3 Å². The SMILES string of the molecule is [CH]N1CCN(CC(=O)O)CCN(CC(=O)O)CCN(CC(=O)N[C@H](CC)C(=O)NCCCOCCOCCOCCCNC(=O)CCCOc2cc(C)c(S(=O)(=O)NC(CNC(=O)c3cn(C)c4cc(CNc5ncc[nH]5)ccc4c3=O)C(=O)O)c(C)c2)CC1. The van der Waals surface area contributed by atoms with E-state index in [0.29, 0.717) is 155 Å². The van der Waals surface area contributed by atoms with Crippen molar-refractivity contribution in [2.45, 2.75) is 76.4 Å². The number of carboxylic acid groups (broad SMARTS) is 3. The van der Waals surface area contributed by atoms with E-state index in [1.807, 2.05) is 4.90 Å². The molecular formula is C59H87N13O17S. The summed E-state index contributed by atoms with van der Waals surface area (Å²) >= 11 is 0. The minimum Gasteiger partial charge on any atom is -0.494 e. The summed E-state index contributed by atoms with van der Waals surface area (Å²) in [6, 6.07) is 5.54. The molecule has 0 aliphatic carbocycles. The number of ether oxygens (including phenoxy) is 4. The van der Waals surface area contributed by atoms with E-state index < -0.39 is 57.9 Å². The van der Waals surface area contributed by atoms with Gasteiger partial charge in [-0.1, -0.05) is 13.0 Å². The molecule has 1 unspecified atom stereocenters. The number of aliphatic carboxylic acids is 3. The lowest BCUT2D eigenvalue weighted by Gasteiger charge is -2.32. The van der Waals surface area contributed by atoms with Gasteiger partial charge in [-0.3, -0.25) is 58.0 Å². The molecule has 2 aromatic carbocycles. The lowest BCUT2D eigenvalue weighted by atomic mass is 10.1. The van der Waals surface area contributed by atoms with Crippen molar-refractivity contribution in [2.75, 3.05) is 143 Å². The third-order valence-electron chi connectivity index (χ3n) is 14.4. The number of aryl methyl sites for hydroxylation is 3. The minimum atomic E-state index is -4.46. The van der Waals surface area contributed by atoms with Crippen LogP contribution in [0.15, 0.2) is 58.6 Å². The number of imidazole rings is 1. The van der Waals surface area contributed by atoms with Crippen LogP contribution in [0.1, 0.15) is 66.1 Å². The monoisotopic (exact) mass is 1280 g/mol. The Morgan fingerprint density at radius 2 is 1.30 bits per heavy atom. The van der Waals surface area contributed by atoms with Crippen LogP contribution >= 0.6 is 0 Å². The summed E-state index contributed by atoms with van der Waals surface area (Å²) < 4.78 is 53.6. The molecule has 0 saturated carbocycles. The van der Waals surface area contributed by atoms with Crippen LogP contribution < -0.4 is 41.5 Å². The molecule has 31 heteroatoms. The number of aromatic nitrogens is 3. The number of amides is 4. The fraction of sp³-hybridized carbons (Fsp3) is 0.559. The van der Waals surface area contributed by atoms with Crippen LogP contribution in [0.2, 0.25) is 0 Å². The minimum absolute atomic E-state index is 0.0358. The van der Waals surface area contributed by atoms with Crippen LogP contribution in [0.5, 0.6) is 5.75 Å². The Balaban J connectivity index is 0.882. The van der Waals surface area contributed by atoms with E-state index in [1.54, 1.807) is 63.8 Å². The molecule has 4 amide bonds. The molecule has 1 saturated heterocycles. The second-order valence-corrected chi connectivity index (χ2v) is 23.2. The maximum Gasteiger partial charge on any atom is 0.323 e. The number of H-pyrrole nitrogens is 1. The number of carbonyl (C=O) groups is 7. The van der Waals surface area contributed by atoms with Crippen molar-refractivity contribution in [3.8, 4) is 5.75 Å². The summed E-state index contributed by atoms with van der Waals surface area (Å²) in [6.45, 7) is 9.95. The molecule has 1 aliphatic rings. The summed E-state index contributed by atoms with van der Waals surface area (Å²) in [5.74, 6) is -4.41. The maximum atomic E-state index is 13.6. The molecule has 0 spiro atoms. The van der Waals surface area contributed by atoms with Crippen LogP contribution in [0.4, 0.5) is 5.95 Å². The first-order chi connectivity index (χ1) is 43.0. The Morgan fingerprint density at radius 1 is 0.722 bits per heavy atom. The second kappa shape index (κ2) is 38.2. The highest BCUT2D eigenvalue weighted by atomic mass is 32.2. The van der Waals surface area contributed by atoms with Gasteiger partial charge in [-0.05, 0) is 80.5 Å². The van der Waals surface area contributed by atoms with Crippen LogP contribution in [0, 0.1) is 20.9 Å². The lowest BCUT2D eigenvalue weighted by molar-refractivity contribution is -0.140. The Labute approximate surface area is 523 Å². The number of anilines is 1. The molecule has 10 N–H and O–H groups in total. The van der Waals surface area contributed by atoms with E-state index in [-0.39, 0.29) is 77.4 Å². The predicted molar refractivity (Wildman–Crippen MR) is 330 cm³/mol. The van der Waals surface area contributed by atoms with Crippen molar-refractivity contribution >= 4 is 68.4 Å². The Hall–Kier alpha value is -7.62. The average Bonchev–Trinajstić information content (AvgIpc) is 1.24. The highest BCUT2D eigenvalue weighted by Crippen LogP contribution is 2.26. The van der Waals surface area contributed by atoms with Crippen molar-refractivity contribution in [3.05, 3.63) is 88.4 Å². The molecule has 4 aromatic rings. The molecule has 2 atom stereocenters. The Morgan fingerprint density at radius 3 is 1.87 bits per heavy atom. The van der Waals surface area contributed by atoms with Crippen LogP contribution in [-0.4, -0.2) is 249 Å². The number of hydrogen-bond donors (Lipinski definition) is 10. The fourth-order valence-electron chi connectivity index (χ4n) is 9.65. The molecule has 3 heterocycles. The third-order valence-corrected chi connectivity index (χ3v) is 16.1. The highest BCUT2D eigenvalue weighted by molar-refractivity contribution is 7.89. The average molecular weight is 1280 g/mol. The van der Waals surface area contributed by atoms with Gasteiger partial charge in [-0.25, -0.2) is 13.4 Å². The van der Waals surface area contributed by atoms with Gasteiger partial charge < -0.3 is 70.4 Å². The number of nitrogens with one attached hydrogen (secondary N) is 7. The van der Waals surface area contributed by atoms with E-state index in [0.717, 1.165) is 5.56 Å². The molecule has 30 nitrogen and oxygen atoms in total. The van der Waals surface area contributed by atoms with Crippen LogP contribution in [0.25, 0.3) is 10.9 Å². The Bertz CT molecular complexity index is 3150. The summed E-state index contributed by atoms with van der Waals surface area (Å²) in [5, 5.41) is 43.0. The molecular weight excluding hydrogens is 1190 g/mol. The van der Waals surface area contributed by atoms with Gasteiger partial charge in [0.05, 0.1) is 63.1 Å². The smallest absolute Gasteiger partial charge is 0.323 e. The zero-order chi connectivity index (χ0) is 65.6. The van der Waals surface area contributed by atoms with E-state index in [9.17, 15) is 62.1 Å². The predicted octanol–water partition coefficient (Wildman–Crippen LogP) is -0.172. The lowest BCUT2D eigenvalue weighted by Crippen LogP contribution is -2.51. The van der Waals surface area contributed by atoms with Crippen molar-refractivity contribution in [1.82, 2.24) is 60.1 Å². The van der Waals surface area contributed by atoms with Gasteiger partial charge in [0.15, 0.2) is 5.95 Å². The normalized spacial score (nSPS) is 14.8. The largest absolute Gasteiger partial charge is 0.494 e. The highest BCUT2D eigenvalue weighted by Gasteiger charge is 2.30. The van der Waals surface area contributed by atoms with Crippen LogP contribution in [-0.2, 0) is 66.6 Å². The van der Waals surface area contributed by atoms with Gasteiger partial charge >= 0.3 is 17.9 Å². The first kappa shape index (κ1) is 73.1. The molecule has 1 fully saturated rings. The van der Waals surface area contributed by atoms with Crippen molar-refractivity contribution < 1.29 is 76.2 Å². The van der Waals surface area contributed by atoms with Crippen molar-refractivity contribution in [1.29, 1.82) is 0 Å². The van der Waals surface area contributed by atoms with E-state index in [4.69, 9.17) is 26.0 Å². The van der Waals surface area contributed by atoms with Gasteiger partial charge in [-0.2, -0.15) is 4.72 Å². The summed E-state index contributed by atoms with van der Waals surface area (Å²) in [7, 11) is 3.37. The molecule has 496 valence electrons. The maximum absolute atomic E-state index is 13.6. The van der Waals surface area contributed by atoms with Gasteiger partial charge in [0.2, 0.25) is 33.2 Å². The molecule has 90 heavy (non-hydrogen) atoms. The van der Waals surface area contributed by atoms with Gasteiger partial charge in [0, 0.05) is 136 Å². The van der Waals surface area contributed by atoms with Gasteiger partial charge in [0.25, 0.3) is 5.91 Å². The standard InChI is InChI=1S/C59H87N13O17S/c1-6-47(66-51(74)38-70-19-17-68(4)18-20-71(39-52(75)76)23-24-72(22-21-70)40-53(77)78)57(81)61-14-9-26-87-29-31-88-30-28-86-25-8-13-60-50(73)10-7-27-89-44-32-41(2)55(42(3)33-44)90(84,85)67-48(58(82)83)36-64-56(80)46-37-69(5)49-34-43(11-12-45(49)54(46)79)35-65-59-62-15-16-63-59/h4,11-12,15-16,32-34,37,47-48,67H,6-10,13-14,17-31,35-36,38-40H2,1-3,5H3,(H,60,73)(H,61,81)(H,64,80)(H,66,74)(H,75,76)(H,77,78)(H,82,83)(H2,62,63,65)/t47-,48?/m1/s1. The number of carbonyl (C=O) groups excluding carboxylic acids is 4. The number of carboxylic acids is 3. The summed E-state index contributed by atoms with van der Waals surface area (Å²) in [6.07, 6.45) is 6.62.